The molecule has 0 bridgehead atoms. The zero-order valence-electron chi connectivity index (χ0n) is 17.8. The molecule has 0 spiro atoms. The number of rotatable bonds is 6. The van der Waals surface area contributed by atoms with E-state index in [1.54, 1.807) is 0 Å². The number of fused-ring (bicyclic) bond motifs is 2. The third kappa shape index (κ3) is 4.00. The summed E-state index contributed by atoms with van der Waals surface area (Å²) >= 11 is 0. The summed E-state index contributed by atoms with van der Waals surface area (Å²) < 4.78 is 38.0. The van der Waals surface area contributed by atoms with E-state index in [-0.39, 0.29) is 17.3 Å². The van der Waals surface area contributed by atoms with Crippen molar-refractivity contribution in [2.75, 3.05) is 13.1 Å². The van der Waals surface area contributed by atoms with Gasteiger partial charge in [-0.05, 0) is 67.5 Å². The van der Waals surface area contributed by atoms with E-state index in [0.29, 0.717) is 24.2 Å². The number of hydrogen-bond donors (Lipinski definition) is 0. The van der Waals surface area contributed by atoms with E-state index < -0.39 is 26.3 Å². The third-order valence-corrected chi connectivity index (χ3v) is 8.15. The summed E-state index contributed by atoms with van der Waals surface area (Å²) in [5, 5.41) is 12.4. The molecule has 1 saturated heterocycles. The van der Waals surface area contributed by atoms with Crippen LogP contribution in [0.3, 0.4) is 0 Å². The fourth-order valence-corrected chi connectivity index (χ4v) is 6.11. The van der Waals surface area contributed by atoms with Crippen LogP contribution in [-0.4, -0.2) is 30.7 Å². The minimum Gasteiger partial charge on any atom is -0.482 e. The average molecular weight is 471 g/mol. The van der Waals surface area contributed by atoms with Crippen LogP contribution in [0.25, 0.3) is 11.0 Å². The lowest BCUT2D eigenvalue weighted by molar-refractivity contribution is -0.386. The highest BCUT2D eigenvalue weighted by Gasteiger charge is 2.30. The van der Waals surface area contributed by atoms with Gasteiger partial charge in [-0.2, -0.15) is 4.31 Å². The van der Waals surface area contributed by atoms with Gasteiger partial charge in [0.05, 0.1) is 9.82 Å². The Morgan fingerprint density at radius 3 is 2.48 bits per heavy atom. The lowest BCUT2D eigenvalue weighted by Crippen LogP contribution is -2.27. The molecule has 9 nitrogen and oxygen atoms in total. The van der Waals surface area contributed by atoms with Gasteiger partial charge >= 0.3 is 11.3 Å². The van der Waals surface area contributed by atoms with Crippen molar-refractivity contribution in [3.05, 3.63) is 73.6 Å². The van der Waals surface area contributed by atoms with Crippen molar-refractivity contribution in [3.63, 3.8) is 0 Å². The maximum Gasteiger partial charge on any atom is 0.336 e. The summed E-state index contributed by atoms with van der Waals surface area (Å²) in [6.45, 7) is 0.712. The van der Waals surface area contributed by atoms with Crippen molar-refractivity contribution < 1.29 is 22.5 Å². The molecular weight excluding hydrogens is 448 g/mol. The number of nitrogens with zero attached hydrogens (tertiary/aromatic N) is 2. The highest BCUT2D eigenvalue weighted by molar-refractivity contribution is 7.89. The predicted molar refractivity (Wildman–Crippen MR) is 120 cm³/mol. The topological polar surface area (TPSA) is 120 Å². The molecule has 0 radical (unpaired) electrons. The second kappa shape index (κ2) is 8.27. The SMILES string of the molecule is O=c1cc(COc2ccc(S(=O)(=O)N3CCCC3)cc2[N+](=O)[O-])c2cc3c(cc2o1)CCC3. The highest BCUT2D eigenvalue weighted by Crippen LogP contribution is 2.33. The Morgan fingerprint density at radius 1 is 1.03 bits per heavy atom. The molecular formula is C23H22N2O7S. The van der Waals surface area contributed by atoms with Gasteiger partial charge in [0.2, 0.25) is 10.0 Å². The van der Waals surface area contributed by atoms with Gasteiger partial charge in [0, 0.05) is 36.2 Å². The van der Waals surface area contributed by atoms with Crippen LogP contribution >= 0.6 is 0 Å². The van der Waals surface area contributed by atoms with E-state index in [1.807, 2.05) is 12.1 Å². The molecule has 0 unspecified atom stereocenters. The minimum atomic E-state index is -3.80. The first-order valence-corrected chi connectivity index (χ1v) is 12.3. The fourth-order valence-electron chi connectivity index (χ4n) is 4.57. The normalized spacial score (nSPS) is 16.2. The molecule has 10 heteroatoms. The number of hydrogen-bond acceptors (Lipinski definition) is 7. The molecule has 33 heavy (non-hydrogen) atoms. The van der Waals surface area contributed by atoms with Crippen LogP contribution in [0.2, 0.25) is 0 Å². The van der Waals surface area contributed by atoms with Gasteiger partial charge in [-0.3, -0.25) is 10.1 Å². The standard InChI is InChI=1S/C23H22N2O7S/c26-23-12-17(19-10-15-4-3-5-16(15)11-22(19)32-23)14-31-21-7-6-18(13-20(21)25(27)28)33(29,30)24-8-1-2-9-24/h6-7,10-13H,1-5,8-9,14H2. The summed E-state index contributed by atoms with van der Waals surface area (Å²) in [5.74, 6) is -0.0667. The van der Waals surface area contributed by atoms with Gasteiger partial charge < -0.3 is 9.15 Å². The molecule has 2 aromatic carbocycles. The summed E-state index contributed by atoms with van der Waals surface area (Å²) in [6, 6.07) is 8.84. The smallest absolute Gasteiger partial charge is 0.336 e. The van der Waals surface area contributed by atoms with Crippen molar-refractivity contribution in [1.82, 2.24) is 4.31 Å². The van der Waals surface area contributed by atoms with E-state index in [2.05, 4.69) is 0 Å². The van der Waals surface area contributed by atoms with Crippen molar-refractivity contribution in [2.24, 2.45) is 0 Å². The zero-order valence-corrected chi connectivity index (χ0v) is 18.6. The molecule has 0 saturated carbocycles. The molecule has 172 valence electrons. The molecule has 2 aliphatic rings. The summed E-state index contributed by atoms with van der Waals surface area (Å²) in [4.78, 5) is 23.0. The van der Waals surface area contributed by atoms with Gasteiger partial charge in [0.15, 0.2) is 5.75 Å². The van der Waals surface area contributed by atoms with Crippen molar-refractivity contribution in [2.45, 2.75) is 43.6 Å². The van der Waals surface area contributed by atoms with Crippen LogP contribution in [0.5, 0.6) is 5.75 Å². The number of benzene rings is 2. The first-order valence-electron chi connectivity index (χ1n) is 10.8. The lowest BCUT2D eigenvalue weighted by atomic mass is 10.0. The minimum absolute atomic E-state index is 0.0667. The van der Waals surface area contributed by atoms with Crippen LogP contribution in [-0.2, 0) is 29.5 Å². The average Bonchev–Trinajstić information content (AvgIpc) is 3.48. The Hall–Kier alpha value is -3.24. The number of ether oxygens (including phenoxy) is 1. The van der Waals surface area contributed by atoms with E-state index >= 15 is 0 Å². The maximum atomic E-state index is 12.8. The number of nitro groups is 1. The van der Waals surface area contributed by atoms with Crippen LogP contribution in [0.1, 0.15) is 36.0 Å². The largest absolute Gasteiger partial charge is 0.482 e. The first-order chi connectivity index (χ1) is 15.8. The molecule has 0 N–H and O–H groups in total. The maximum absolute atomic E-state index is 12.8. The van der Waals surface area contributed by atoms with Gasteiger partial charge in [-0.15, -0.1) is 0 Å². The van der Waals surface area contributed by atoms with Crippen molar-refractivity contribution in [1.29, 1.82) is 0 Å². The third-order valence-electron chi connectivity index (χ3n) is 6.26. The molecule has 0 atom stereocenters. The Labute approximate surface area is 189 Å². The molecule has 1 fully saturated rings. The summed E-state index contributed by atoms with van der Waals surface area (Å²) in [5.41, 5.74) is 2.40. The van der Waals surface area contributed by atoms with Crippen LogP contribution in [0.4, 0.5) is 5.69 Å². The Morgan fingerprint density at radius 2 is 1.76 bits per heavy atom. The Balaban J connectivity index is 1.47. The van der Waals surface area contributed by atoms with Gasteiger partial charge in [-0.25, -0.2) is 13.2 Å². The molecule has 1 aromatic heterocycles. The van der Waals surface area contributed by atoms with E-state index in [1.165, 1.54) is 28.1 Å². The van der Waals surface area contributed by atoms with Gasteiger partial charge in [0.25, 0.3) is 0 Å². The van der Waals surface area contributed by atoms with E-state index in [9.17, 15) is 23.3 Å². The molecule has 1 aliphatic heterocycles. The van der Waals surface area contributed by atoms with Crippen molar-refractivity contribution in [3.8, 4) is 5.75 Å². The Kier molecular flexibility index (Phi) is 5.41. The fraction of sp³-hybridized carbons (Fsp3) is 0.348. The van der Waals surface area contributed by atoms with E-state index in [0.717, 1.165) is 49.1 Å². The Bertz CT molecular complexity index is 1420. The molecule has 3 aromatic rings. The van der Waals surface area contributed by atoms with Gasteiger partial charge in [0.1, 0.15) is 12.2 Å². The van der Waals surface area contributed by atoms with E-state index in [4.69, 9.17) is 9.15 Å². The van der Waals surface area contributed by atoms with Gasteiger partial charge in [-0.1, -0.05) is 0 Å². The lowest BCUT2D eigenvalue weighted by Gasteiger charge is -2.16. The first kappa shape index (κ1) is 21.6. The van der Waals surface area contributed by atoms with Crippen LogP contribution in [0.15, 0.2) is 50.5 Å². The zero-order chi connectivity index (χ0) is 23.2. The number of sulfonamides is 1. The molecule has 1 aliphatic carbocycles. The summed E-state index contributed by atoms with van der Waals surface area (Å²) in [7, 11) is -3.80. The molecule has 5 rings (SSSR count). The molecule has 0 amide bonds. The van der Waals surface area contributed by atoms with Crippen LogP contribution in [0, 0.1) is 10.1 Å². The van der Waals surface area contributed by atoms with Crippen molar-refractivity contribution >= 4 is 26.7 Å². The summed E-state index contributed by atoms with van der Waals surface area (Å²) in [6.07, 6.45) is 4.47. The second-order valence-electron chi connectivity index (χ2n) is 8.35. The monoisotopic (exact) mass is 470 g/mol. The number of nitro benzene ring substituents is 1. The molecule has 2 heterocycles. The second-order valence-corrected chi connectivity index (χ2v) is 10.3. The number of aryl methyl sites for hydroxylation is 2. The quantitative estimate of drug-likeness (QED) is 0.307. The van der Waals surface area contributed by atoms with Crippen LogP contribution < -0.4 is 10.4 Å². The predicted octanol–water partition coefficient (Wildman–Crippen LogP) is 3.55. The highest BCUT2D eigenvalue weighted by atomic mass is 32.2.